The summed E-state index contributed by atoms with van der Waals surface area (Å²) in [5.74, 6) is 0.457. The Bertz CT molecular complexity index is 852. The topological polar surface area (TPSA) is 57.6 Å². The fraction of sp³-hybridized carbons (Fsp3) is 0.500. The van der Waals surface area contributed by atoms with Gasteiger partial charge in [0, 0.05) is 37.2 Å². The first-order valence-corrected chi connectivity index (χ1v) is 10.9. The second-order valence-corrected chi connectivity index (χ2v) is 8.49. The second-order valence-electron chi connectivity index (χ2n) is 8.49. The van der Waals surface area contributed by atoms with Gasteiger partial charge in [-0.3, -0.25) is 4.79 Å². The fourth-order valence-electron chi connectivity index (χ4n) is 3.57. The van der Waals surface area contributed by atoms with Crippen LogP contribution in [0, 0.1) is 0 Å². The molecule has 0 atom stereocenters. The molecule has 0 saturated heterocycles. The highest BCUT2D eigenvalue weighted by Gasteiger charge is 2.34. The fourth-order valence-corrected chi connectivity index (χ4v) is 3.57. The van der Waals surface area contributed by atoms with Gasteiger partial charge in [0.2, 0.25) is 5.91 Å². The zero-order chi connectivity index (χ0) is 21.7. The molecule has 1 aromatic carbocycles. The van der Waals surface area contributed by atoms with Crippen LogP contribution in [0.15, 0.2) is 42.6 Å². The molecule has 3 amide bonds. The van der Waals surface area contributed by atoms with Crippen LogP contribution in [0.1, 0.15) is 57.2 Å². The van der Waals surface area contributed by atoms with Gasteiger partial charge in [-0.2, -0.15) is 0 Å². The Hall–Kier alpha value is -2.76. The molecule has 162 valence electrons. The first-order valence-electron chi connectivity index (χ1n) is 10.9. The third kappa shape index (κ3) is 5.65. The molecule has 1 fully saturated rings. The number of urea groups is 1. The Labute approximate surface area is 179 Å². The van der Waals surface area contributed by atoms with E-state index in [1.807, 2.05) is 66.0 Å². The molecule has 1 heterocycles. The normalized spacial score (nSPS) is 13.4. The zero-order valence-corrected chi connectivity index (χ0v) is 18.6. The van der Waals surface area contributed by atoms with E-state index in [-0.39, 0.29) is 18.5 Å². The van der Waals surface area contributed by atoms with Gasteiger partial charge in [0.25, 0.3) is 0 Å². The monoisotopic (exact) mass is 410 g/mol. The molecular formula is C24H34N4O2. The molecule has 0 spiro atoms. The van der Waals surface area contributed by atoms with Crippen molar-refractivity contribution in [1.82, 2.24) is 14.4 Å². The van der Waals surface area contributed by atoms with Crippen molar-refractivity contribution in [3.63, 3.8) is 0 Å². The van der Waals surface area contributed by atoms with Crippen LogP contribution < -0.4 is 5.32 Å². The van der Waals surface area contributed by atoms with Gasteiger partial charge in [-0.15, -0.1) is 0 Å². The number of nitrogens with zero attached hydrogens (tertiary/aromatic N) is 3. The lowest BCUT2D eigenvalue weighted by Gasteiger charge is -2.28. The van der Waals surface area contributed by atoms with Crippen molar-refractivity contribution < 1.29 is 9.59 Å². The van der Waals surface area contributed by atoms with Gasteiger partial charge >= 0.3 is 6.03 Å². The van der Waals surface area contributed by atoms with Crippen LogP contribution in [0.5, 0.6) is 0 Å². The van der Waals surface area contributed by atoms with E-state index >= 15 is 0 Å². The number of aryl methyl sites for hydroxylation is 1. The summed E-state index contributed by atoms with van der Waals surface area (Å²) in [5, 5.41) is 2.95. The number of aromatic nitrogens is 1. The number of carbonyl (C=O) groups is 2. The lowest BCUT2D eigenvalue weighted by Crippen LogP contribution is -2.45. The van der Waals surface area contributed by atoms with E-state index in [1.165, 1.54) is 5.56 Å². The van der Waals surface area contributed by atoms with E-state index in [4.69, 9.17) is 0 Å². The van der Waals surface area contributed by atoms with Crippen molar-refractivity contribution in [2.75, 3.05) is 18.4 Å². The molecule has 1 saturated carbocycles. The number of benzene rings is 1. The molecule has 3 rings (SSSR count). The summed E-state index contributed by atoms with van der Waals surface area (Å²) in [7, 11) is 1.99. The maximum atomic E-state index is 13.1. The van der Waals surface area contributed by atoms with E-state index < -0.39 is 0 Å². The van der Waals surface area contributed by atoms with Crippen LogP contribution in [0.4, 0.5) is 10.5 Å². The van der Waals surface area contributed by atoms with E-state index in [0.29, 0.717) is 25.0 Å². The average molecular weight is 411 g/mol. The summed E-state index contributed by atoms with van der Waals surface area (Å²) in [6, 6.07) is 12.0. The quantitative estimate of drug-likeness (QED) is 0.658. The first-order chi connectivity index (χ1) is 14.4. The van der Waals surface area contributed by atoms with Gasteiger partial charge in [0.15, 0.2) is 0 Å². The SMILES string of the molecule is CCCN(CC(=O)N(Cc1cccn1C)C1CC1)C(=O)Nc1ccc(C(C)C)cc1. The number of hydrogen-bond donors (Lipinski definition) is 1. The Kier molecular flexibility index (Phi) is 7.19. The van der Waals surface area contributed by atoms with Crippen molar-refractivity contribution >= 4 is 17.6 Å². The number of amides is 3. The largest absolute Gasteiger partial charge is 0.353 e. The van der Waals surface area contributed by atoms with Crippen LogP contribution in [-0.2, 0) is 18.4 Å². The summed E-state index contributed by atoms with van der Waals surface area (Å²) in [6.45, 7) is 7.54. The van der Waals surface area contributed by atoms with Crippen LogP contribution in [0.25, 0.3) is 0 Å². The molecule has 0 unspecified atom stereocenters. The van der Waals surface area contributed by atoms with Crippen molar-refractivity contribution in [2.24, 2.45) is 7.05 Å². The first kappa shape index (κ1) is 21.9. The highest BCUT2D eigenvalue weighted by atomic mass is 16.2. The van der Waals surface area contributed by atoms with Crippen LogP contribution in [0.2, 0.25) is 0 Å². The molecule has 0 radical (unpaired) electrons. The lowest BCUT2D eigenvalue weighted by atomic mass is 10.0. The van der Waals surface area contributed by atoms with Gasteiger partial charge in [-0.1, -0.05) is 32.9 Å². The van der Waals surface area contributed by atoms with Crippen LogP contribution >= 0.6 is 0 Å². The van der Waals surface area contributed by atoms with E-state index in [9.17, 15) is 9.59 Å². The van der Waals surface area contributed by atoms with Crippen LogP contribution in [0.3, 0.4) is 0 Å². The zero-order valence-electron chi connectivity index (χ0n) is 18.6. The lowest BCUT2D eigenvalue weighted by molar-refractivity contribution is -0.133. The van der Waals surface area contributed by atoms with Gasteiger partial charge < -0.3 is 19.7 Å². The maximum Gasteiger partial charge on any atom is 0.322 e. The summed E-state index contributed by atoms with van der Waals surface area (Å²) in [6.07, 6.45) is 4.87. The smallest absolute Gasteiger partial charge is 0.322 e. The number of hydrogen-bond acceptors (Lipinski definition) is 2. The van der Waals surface area contributed by atoms with Gasteiger partial charge in [-0.25, -0.2) is 4.79 Å². The second kappa shape index (κ2) is 9.83. The van der Waals surface area contributed by atoms with Crippen molar-refractivity contribution in [3.05, 3.63) is 53.9 Å². The number of nitrogens with one attached hydrogen (secondary N) is 1. The van der Waals surface area contributed by atoms with E-state index in [2.05, 4.69) is 19.2 Å². The Balaban J connectivity index is 1.64. The highest BCUT2D eigenvalue weighted by molar-refractivity contribution is 5.92. The Morgan fingerprint density at radius 1 is 1.17 bits per heavy atom. The summed E-state index contributed by atoms with van der Waals surface area (Å²) >= 11 is 0. The molecule has 0 aliphatic heterocycles. The van der Waals surface area contributed by atoms with Gasteiger partial charge in [0.05, 0.1) is 6.54 Å². The predicted molar refractivity (Wildman–Crippen MR) is 120 cm³/mol. The molecule has 1 aliphatic rings. The van der Waals surface area contributed by atoms with Crippen molar-refractivity contribution in [2.45, 2.75) is 58.5 Å². The Morgan fingerprint density at radius 2 is 1.87 bits per heavy atom. The number of rotatable bonds is 9. The maximum absolute atomic E-state index is 13.1. The minimum absolute atomic E-state index is 0.0115. The van der Waals surface area contributed by atoms with E-state index in [0.717, 1.165) is 30.6 Å². The number of carbonyl (C=O) groups excluding carboxylic acids is 2. The molecule has 1 aromatic heterocycles. The minimum atomic E-state index is -0.225. The van der Waals surface area contributed by atoms with Crippen molar-refractivity contribution in [1.29, 1.82) is 0 Å². The number of anilines is 1. The summed E-state index contributed by atoms with van der Waals surface area (Å²) in [5.41, 5.74) is 3.09. The summed E-state index contributed by atoms with van der Waals surface area (Å²) < 4.78 is 2.04. The highest BCUT2D eigenvalue weighted by Crippen LogP contribution is 2.28. The minimum Gasteiger partial charge on any atom is -0.353 e. The molecule has 1 N–H and O–H groups in total. The van der Waals surface area contributed by atoms with Gasteiger partial charge in [-0.05, 0) is 55.0 Å². The molecule has 2 aromatic rings. The average Bonchev–Trinajstić information content (AvgIpc) is 3.48. The van der Waals surface area contributed by atoms with Crippen LogP contribution in [-0.4, -0.2) is 45.4 Å². The predicted octanol–water partition coefficient (Wildman–Crippen LogP) is 4.58. The molecule has 1 aliphatic carbocycles. The van der Waals surface area contributed by atoms with Gasteiger partial charge in [0.1, 0.15) is 6.54 Å². The third-order valence-corrected chi connectivity index (χ3v) is 5.63. The summed E-state index contributed by atoms with van der Waals surface area (Å²) in [4.78, 5) is 29.6. The molecule has 30 heavy (non-hydrogen) atoms. The van der Waals surface area contributed by atoms with E-state index in [1.54, 1.807) is 4.90 Å². The third-order valence-electron chi connectivity index (χ3n) is 5.63. The molecule has 6 heteroatoms. The standard InChI is InChI=1S/C24H34N4O2/c1-5-14-27(24(30)25-20-10-8-19(9-11-20)18(2)3)17-23(29)28(21-12-13-21)16-22-7-6-15-26(22)4/h6-11,15,18,21H,5,12-14,16-17H2,1-4H3,(H,25,30). The van der Waals surface area contributed by atoms with Crippen molar-refractivity contribution in [3.8, 4) is 0 Å². The molecule has 6 nitrogen and oxygen atoms in total. The Morgan fingerprint density at radius 3 is 2.40 bits per heavy atom. The molecule has 0 bridgehead atoms. The molecular weight excluding hydrogens is 376 g/mol.